The predicted octanol–water partition coefficient (Wildman–Crippen LogP) is 2.19. The fourth-order valence-corrected chi connectivity index (χ4v) is 3.11. The maximum absolute atomic E-state index is 12.9. The average molecular weight is 328 g/mol. The SMILES string of the molecule is CCN1CCN(CC(=O)N(CCC#N)c2cccc(C)c2C)CC1. The Kier molecular flexibility index (Phi) is 6.77. The first-order chi connectivity index (χ1) is 11.6. The van der Waals surface area contributed by atoms with E-state index in [0.717, 1.165) is 44.0 Å². The second-order valence-corrected chi connectivity index (χ2v) is 6.38. The van der Waals surface area contributed by atoms with E-state index < -0.39 is 0 Å². The zero-order valence-electron chi connectivity index (χ0n) is 15.1. The molecule has 24 heavy (non-hydrogen) atoms. The van der Waals surface area contributed by atoms with E-state index in [1.807, 2.05) is 19.1 Å². The number of amides is 1. The van der Waals surface area contributed by atoms with Crippen molar-refractivity contribution in [3.05, 3.63) is 29.3 Å². The van der Waals surface area contributed by atoms with Crippen molar-refractivity contribution in [2.45, 2.75) is 27.2 Å². The van der Waals surface area contributed by atoms with Crippen LogP contribution in [0.1, 0.15) is 24.5 Å². The molecule has 5 heteroatoms. The van der Waals surface area contributed by atoms with E-state index in [2.05, 4.69) is 35.8 Å². The maximum atomic E-state index is 12.9. The van der Waals surface area contributed by atoms with Gasteiger partial charge in [0.1, 0.15) is 0 Å². The van der Waals surface area contributed by atoms with Gasteiger partial charge in [0.2, 0.25) is 5.91 Å². The van der Waals surface area contributed by atoms with Gasteiger partial charge in [-0.05, 0) is 37.6 Å². The summed E-state index contributed by atoms with van der Waals surface area (Å²) in [6.45, 7) is 12.1. The minimum absolute atomic E-state index is 0.0869. The molecule has 5 nitrogen and oxygen atoms in total. The van der Waals surface area contributed by atoms with Crippen LogP contribution in [0, 0.1) is 25.2 Å². The van der Waals surface area contributed by atoms with Gasteiger partial charge in [-0.3, -0.25) is 9.69 Å². The highest BCUT2D eigenvalue weighted by atomic mass is 16.2. The van der Waals surface area contributed by atoms with E-state index in [0.29, 0.717) is 19.5 Å². The van der Waals surface area contributed by atoms with Crippen LogP contribution in [0.2, 0.25) is 0 Å². The molecular weight excluding hydrogens is 300 g/mol. The Labute approximate surface area is 145 Å². The Balaban J connectivity index is 2.09. The highest BCUT2D eigenvalue weighted by Gasteiger charge is 2.23. The Morgan fingerprint density at radius 1 is 1.21 bits per heavy atom. The quantitative estimate of drug-likeness (QED) is 0.803. The van der Waals surface area contributed by atoms with Gasteiger partial charge in [0.25, 0.3) is 0 Å². The molecule has 1 heterocycles. The average Bonchev–Trinajstić information content (AvgIpc) is 2.59. The molecule has 1 aromatic rings. The molecule has 1 fully saturated rings. The second kappa shape index (κ2) is 8.81. The number of hydrogen-bond acceptors (Lipinski definition) is 4. The summed E-state index contributed by atoms with van der Waals surface area (Å²) >= 11 is 0. The van der Waals surface area contributed by atoms with E-state index in [-0.39, 0.29) is 5.91 Å². The largest absolute Gasteiger partial charge is 0.310 e. The molecule has 0 aromatic heterocycles. The number of rotatable bonds is 6. The van der Waals surface area contributed by atoms with Crippen molar-refractivity contribution in [1.82, 2.24) is 9.80 Å². The summed E-state index contributed by atoms with van der Waals surface area (Å²) in [5, 5.41) is 8.94. The number of likely N-dealkylation sites (N-methyl/N-ethyl adjacent to an activating group) is 1. The van der Waals surface area contributed by atoms with Crippen molar-refractivity contribution in [2.75, 3.05) is 50.7 Å². The van der Waals surface area contributed by atoms with Gasteiger partial charge in [-0.15, -0.1) is 0 Å². The minimum Gasteiger partial charge on any atom is -0.310 e. The molecule has 1 saturated heterocycles. The van der Waals surface area contributed by atoms with Gasteiger partial charge in [0.05, 0.1) is 19.0 Å². The molecule has 0 N–H and O–H groups in total. The Hall–Kier alpha value is -1.90. The molecule has 0 aliphatic carbocycles. The Bertz CT molecular complexity index is 600. The van der Waals surface area contributed by atoms with Crippen LogP contribution in [0.15, 0.2) is 18.2 Å². The predicted molar refractivity (Wildman–Crippen MR) is 97.1 cm³/mol. The van der Waals surface area contributed by atoms with Crippen LogP contribution < -0.4 is 4.90 Å². The molecule has 1 aromatic carbocycles. The standard InChI is InChI=1S/C19H28N4O/c1-4-21-11-13-22(14-12-21)15-19(24)23(10-6-9-20)18-8-5-7-16(2)17(18)3/h5,7-8H,4,6,10-15H2,1-3H3. The first kappa shape index (κ1) is 18.4. The van der Waals surface area contributed by atoms with Crippen molar-refractivity contribution in [3.63, 3.8) is 0 Å². The molecule has 2 rings (SSSR count). The van der Waals surface area contributed by atoms with Crippen LogP contribution in [0.5, 0.6) is 0 Å². The molecule has 0 unspecified atom stereocenters. The van der Waals surface area contributed by atoms with E-state index in [1.54, 1.807) is 4.90 Å². The molecule has 0 bridgehead atoms. The third kappa shape index (κ3) is 4.56. The fourth-order valence-electron chi connectivity index (χ4n) is 3.11. The van der Waals surface area contributed by atoms with Gasteiger partial charge >= 0.3 is 0 Å². The first-order valence-electron chi connectivity index (χ1n) is 8.75. The van der Waals surface area contributed by atoms with Gasteiger partial charge < -0.3 is 9.80 Å². The van der Waals surface area contributed by atoms with Gasteiger partial charge in [0, 0.05) is 38.4 Å². The van der Waals surface area contributed by atoms with Crippen LogP contribution >= 0.6 is 0 Å². The number of aryl methyl sites for hydroxylation is 1. The summed E-state index contributed by atoms with van der Waals surface area (Å²) in [6, 6.07) is 8.17. The highest BCUT2D eigenvalue weighted by Crippen LogP contribution is 2.23. The summed E-state index contributed by atoms with van der Waals surface area (Å²) in [4.78, 5) is 19.3. The molecule has 0 spiro atoms. The van der Waals surface area contributed by atoms with Crippen LogP contribution in [0.4, 0.5) is 5.69 Å². The number of hydrogen-bond donors (Lipinski definition) is 0. The van der Waals surface area contributed by atoms with Crippen LogP contribution in [-0.4, -0.2) is 61.5 Å². The summed E-state index contributed by atoms with van der Waals surface area (Å²) in [5.41, 5.74) is 3.21. The smallest absolute Gasteiger partial charge is 0.241 e. The number of anilines is 1. The number of nitriles is 1. The summed E-state index contributed by atoms with van der Waals surface area (Å²) in [7, 11) is 0. The molecule has 1 aliphatic heterocycles. The topological polar surface area (TPSA) is 50.6 Å². The zero-order chi connectivity index (χ0) is 17.5. The van der Waals surface area contributed by atoms with E-state index >= 15 is 0 Å². The number of benzene rings is 1. The molecule has 1 aliphatic rings. The van der Waals surface area contributed by atoms with E-state index in [9.17, 15) is 4.79 Å². The molecule has 130 valence electrons. The van der Waals surface area contributed by atoms with Gasteiger partial charge in [-0.25, -0.2) is 0 Å². The molecule has 0 radical (unpaired) electrons. The zero-order valence-corrected chi connectivity index (χ0v) is 15.1. The third-order valence-corrected chi connectivity index (χ3v) is 4.89. The van der Waals surface area contributed by atoms with Crippen molar-refractivity contribution in [3.8, 4) is 6.07 Å². The maximum Gasteiger partial charge on any atom is 0.241 e. The highest BCUT2D eigenvalue weighted by molar-refractivity contribution is 5.95. The number of carbonyl (C=O) groups is 1. The number of nitrogens with zero attached hydrogens (tertiary/aromatic N) is 4. The fraction of sp³-hybridized carbons (Fsp3) is 0.579. The molecule has 0 saturated carbocycles. The van der Waals surface area contributed by atoms with Gasteiger partial charge in [-0.2, -0.15) is 5.26 Å². The summed E-state index contributed by atoms with van der Waals surface area (Å²) < 4.78 is 0. The van der Waals surface area contributed by atoms with Crippen molar-refractivity contribution < 1.29 is 4.79 Å². The van der Waals surface area contributed by atoms with E-state index in [1.165, 1.54) is 5.56 Å². The van der Waals surface area contributed by atoms with Crippen molar-refractivity contribution in [2.24, 2.45) is 0 Å². The Morgan fingerprint density at radius 3 is 2.50 bits per heavy atom. The lowest BCUT2D eigenvalue weighted by Gasteiger charge is -2.35. The Morgan fingerprint density at radius 2 is 1.88 bits per heavy atom. The van der Waals surface area contributed by atoms with Crippen molar-refractivity contribution >= 4 is 11.6 Å². The number of carbonyl (C=O) groups excluding carboxylic acids is 1. The van der Waals surface area contributed by atoms with Crippen molar-refractivity contribution in [1.29, 1.82) is 5.26 Å². The normalized spacial score (nSPS) is 15.9. The van der Waals surface area contributed by atoms with Crippen LogP contribution in [0.3, 0.4) is 0 Å². The van der Waals surface area contributed by atoms with Crippen LogP contribution in [-0.2, 0) is 4.79 Å². The van der Waals surface area contributed by atoms with Gasteiger partial charge in [-0.1, -0.05) is 19.1 Å². The summed E-state index contributed by atoms with van der Waals surface area (Å²) in [6.07, 6.45) is 0.350. The molecule has 1 amide bonds. The summed E-state index contributed by atoms with van der Waals surface area (Å²) in [5.74, 6) is 0.0869. The number of piperazine rings is 1. The minimum atomic E-state index is 0.0869. The third-order valence-electron chi connectivity index (χ3n) is 4.89. The lowest BCUT2D eigenvalue weighted by atomic mass is 10.1. The van der Waals surface area contributed by atoms with Crippen LogP contribution in [0.25, 0.3) is 0 Å². The first-order valence-corrected chi connectivity index (χ1v) is 8.75. The second-order valence-electron chi connectivity index (χ2n) is 6.38. The van der Waals surface area contributed by atoms with Gasteiger partial charge in [0.15, 0.2) is 0 Å². The lowest BCUT2D eigenvalue weighted by Crippen LogP contribution is -2.50. The van der Waals surface area contributed by atoms with E-state index in [4.69, 9.17) is 5.26 Å². The molecular formula is C19H28N4O. The monoisotopic (exact) mass is 328 g/mol. The molecule has 0 atom stereocenters. The lowest BCUT2D eigenvalue weighted by molar-refractivity contribution is -0.120.